The third-order valence-electron chi connectivity index (χ3n) is 3.42. The standard InChI is InChI=1S/C17H18Cl2N2O2/c1-11(12-7-8-14(18)15(19)9-12)21-17(22)20-10-13-5-3-4-6-16(13)23-2/h3-9,11H,10H2,1-2H3,(H2,20,21,22). The molecule has 122 valence electrons. The van der Waals surface area contributed by atoms with Crippen molar-refractivity contribution in [3.05, 3.63) is 63.6 Å². The second-order valence-electron chi connectivity index (χ2n) is 5.03. The van der Waals surface area contributed by atoms with Crippen molar-refractivity contribution >= 4 is 29.2 Å². The summed E-state index contributed by atoms with van der Waals surface area (Å²) in [7, 11) is 1.60. The van der Waals surface area contributed by atoms with Crippen LogP contribution in [-0.2, 0) is 6.54 Å². The molecule has 1 atom stereocenters. The van der Waals surface area contributed by atoms with E-state index in [1.165, 1.54) is 0 Å². The van der Waals surface area contributed by atoms with Gasteiger partial charge in [0, 0.05) is 12.1 Å². The largest absolute Gasteiger partial charge is 0.496 e. The number of urea groups is 1. The highest BCUT2D eigenvalue weighted by atomic mass is 35.5. The number of hydrogen-bond donors (Lipinski definition) is 2. The predicted molar refractivity (Wildman–Crippen MR) is 93.2 cm³/mol. The molecule has 0 aliphatic heterocycles. The fourth-order valence-electron chi connectivity index (χ4n) is 2.14. The first-order valence-electron chi connectivity index (χ1n) is 7.12. The lowest BCUT2D eigenvalue weighted by molar-refractivity contribution is 0.237. The van der Waals surface area contributed by atoms with Crippen molar-refractivity contribution in [2.24, 2.45) is 0 Å². The highest BCUT2D eigenvalue weighted by molar-refractivity contribution is 6.42. The number of carbonyl (C=O) groups excluding carboxylic acids is 1. The molecule has 0 spiro atoms. The highest BCUT2D eigenvalue weighted by Gasteiger charge is 2.11. The Kier molecular flexibility index (Phi) is 6.13. The number of para-hydroxylation sites is 1. The number of amides is 2. The minimum Gasteiger partial charge on any atom is -0.496 e. The van der Waals surface area contributed by atoms with Crippen molar-refractivity contribution < 1.29 is 9.53 Å². The van der Waals surface area contributed by atoms with Crippen LogP contribution in [0.1, 0.15) is 24.1 Å². The van der Waals surface area contributed by atoms with Crippen molar-refractivity contribution in [1.29, 1.82) is 0 Å². The van der Waals surface area contributed by atoms with Crippen LogP contribution in [0.15, 0.2) is 42.5 Å². The van der Waals surface area contributed by atoms with E-state index in [1.807, 2.05) is 37.3 Å². The Morgan fingerprint density at radius 1 is 1.17 bits per heavy atom. The highest BCUT2D eigenvalue weighted by Crippen LogP contribution is 2.25. The van der Waals surface area contributed by atoms with Gasteiger partial charge in [0.25, 0.3) is 0 Å². The summed E-state index contributed by atoms with van der Waals surface area (Å²) in [4.78, 5) is 12.0. The number of halogens is 2. The Labute approximate surface area is 145 Å². The van der Waals surface area contributed by atoms with E-state index < -0.39 is 0 Å². The zero-order chi connectivity index (χ0) is 16.8. The van der Waals surface area contributed by atoms with E-state index in [1.54, 1.807) is 19.2 Å². The van der Waals surface area contributed by atoms with Gasteiger partial charge in [0.05, 0.1) is 23.2 Å². The normalized spacial score (nSPS) is 11.7. The van der Waals surface area contributed by atoms with Gasteiger partial charge >= 0.3 is 6.03 Å². The van der Waals surface area contributed by atoms with E-state index in [2.05, 4.69) is 10.6 Å². The average Bonchev–Trinajstić information content (AvgIpc) is 2.55. The minimum atomic E-state index is -0.269. The summed E-state index contributed by atoms with van der Waals surface area (Å²) >= 11 is 11.9. The molecule has 2 aromatic carbocycles. The third kappa shape index (κ3) is 4.78. The van der Waals surface area contributed by atoms with Gasteiger partial charge < -0.3 is 15.4 Å². The van der Waals surface area contributed by atoms with Gasteiger partial charge in [-0.2, -0.15) is 0 Å². The fourth-order valence-corrected chi connectivity index (χ4v) is 2.44. The summed E-state index contributed by atoms with van der Waals surface area (Å²) in [5.41, 5.74) is 1.79. The molecule has 1 unspecified atom stereocenters. The van der Waals surface area contributed by atoms with E-state index in [0.29, 0.717) is 16.6 Å². The SMILES string of the molecule is COc1ccccc1CNC(=O)NC(C)c1ccc(Cl)c(Cl)c1. The quantitative estimate of drug-likeness (QED) is 0.828. The van der Waals surface area contributed by atoms with Crippen LogP contribution >= 0.6 is 23.2 Å². The number of nitrogens with one attached hydrogen (secondary N) is 2. The van der Waals surface area contributed by atoms with Crippen LogP contribution in [-0.4, -0.2) is 13.1 Å². The maximum absolute atomic E-state index is 12.0. The molecule has 2 amide bonds. The van der Waals surface area contributed by atoms with Gasteiger partial charge in [-0.05, 0) is 30.7 Å². The maximum Gasteiger partial charge on any atom is 0.315 e. The summed E-state index contributed by atoms with van der Waals surface area (Å²) in [5, 5.41) is 6.62. The summed E-state index contributed by atoms with van der Waals surface area (Å²) in [5.74, 6) is 0.741. The summed E-state index contributed by atoms with van der Waals surface area (Å²) < 4.78 is 5.25. The van der Waals surface area contributed by atoms with Gasteiger partial charge in [-0.3, -0.25) is 0 Å². The molecule has 0 fully saturated rings. The second kappa shape index (κ2) is 8.09. The van der Waals surface area contributed by atoms with Gasteiger partial charge in [0.15, 0.2) is 0 Å². The predicted octanol–water partition coefficient (Wildman–Crippen LogP) is 4.56. The number of benzene rings is 2. The molecule has 0 saturated carbocycles. The Balaban J connectivity index is 1.92. The van der Waals surface area contributed by atoms with Crippen LogP contribution in [0.5, 0.6) is 5.75 Å². The van der Waals surface area contributed by atoms with Crippen LogP contribution in [0.4, 0.5) is 4.79 Å². The van der Waals surface area contributed by atoms with Gasteiger partial charge in [-0.25, -0.2) is 4.79 Å². The first-order chi connectivity index (χ1) is 11.0. The van der Waals surface area contributed by atoms with Gasteiger partial charge in [0.1, 0.15) is 5.75 Å². The van der Waals surface area contributed by atoms with Gasteiger partial charge in [0.2, 0.25) is 0 Å². The number of hydrogen-bond acceptors (Lipinski definition) is 2. The molecule has 0 aliphatic carbocycles. The fraction of sp³-hybridized carbons (Fsp3) is 0.235. The van der Waals surface area contributed by atoms with Crippen molar-refractivity contribution in [1.82, 2.24) is 10.6 Å². The van der Waals surface area contributed by atoms with Gasteiger partial charge in [-0.1, -0.05) is 47.5 Å². The zero-order valence-corrected chi connectivity index (χ0v) is 14.4. The van der Waals surface area contributed by atoms with Crippen LogP contribution in [0.3, 0.4) is 0 Å². The maximum atomic E-state index is 12.0. The molecular weight excluding hydrogens is 335 g/mol. The van der Waals surface area contributed by atoms with Crippen LogP contribution in [0, 0.1) is 0 Å². The van der Waals surface area contributed by atoms with Gasteiger partial charge in [-0.15, -0.1) is 0 Å². The van der Waals surface area contributed by atoms with E-state index in [0.717, 1.165) is 16.9 Å². The summed E-state index contributed by atoms with van der Waals surface area (Å²) in [6, 6.07) is 12.4. The molecule has 0 heterocycles. The molecular formula is C17H18Cl2N2O2. The van der Waals surface area contributed by atoms with E-state index >= 15 is 0 Å². The average molecular weight is 353 g/mol. The van der Waals surface area contributed by atoms with E-state index in [9.17, 15) is 4.79 Å². The lowest BCUT2D eigenvalue weighted by Gasteiger charge is -2.16. The number of methoxy groups -OCH3 is 1. The van der Waals surface area contributed by atoms with Crippen LogP contribution < -0.4 is 15.4 Å². The molecule has 0 saturated heterocycles. The van der Waals surface area contributed by atoms with E-state index in [-0.39, 0.29) is 12.1 Å². The van der Waals surface area contributed by atoms with Crippen molar-refractivity contribution in [3.63, 3.8) is 0 Å². The van der Waals surface area contributed by atoms with Crippen molar-refractivity contribution in [2.75, 3.05) is 7.11 Å². The molecule has 0 aliphatic rings. The Morgan fingerprint density at radius 3 is 2.61 bits per heavy atom. The number of rotatable bonds is 5. The Hall–Kier alpha value is -1.91. The first kappa shape index (κ1) is 17.4. The molecule has 4 nitrogen and oxygen atoms in total. The van der Waals surface area contributed by atoms with Crippen molar-refractivity contribution in [3.8, 4) is 5.75 Å². The topological polar surface area (TPSA) is 50.4 Å². The zero-order valence-electron chi connectivity index (χ0n) is 12.9. The molecule has 2 N–H and O–H groups in total. The minimum absolute atomic E-state index is 0.192. The monoisotopic (exact) mass is 352 g/mol. The van der Waals surface area contributed by atoms with Crippen molar-refractivity contribution in [2.45, 2.75) is 19.5 Å². The molecule has 0 aromatic heterocycles. The number of carbonyl (C=O) groups is 1. The first-order valence-corrected chi connectivity index (χ1v) is 7.88. The summed E-state index contributed by atoms with van der Waals surface area (Å²) in [6.45, 7) is 2.26. The molecule has 23 heavy (non-hydrogen) atoms. The number of ether oxygens (including phenoxy) is 1. The van der Waals surface area contributed by atoms with Crippen LogP contribution in [0.25, 0.3) is 0 Å². The van der Waals surface area contributed by atoms with E-state index in [4.69, 9.17) is 27.9 Å². The molecule has 0 radical (unpaired) electrons. The smallest absolute Gasteiger partial charge is 0.315 e. The molecule has 2 aromatic rings. The summed E-state index contributed by atoms with van der Waals surface area (Å²) in [6.07, 6.45) is 0. The molecule has 0 bridgehead atoms. The van der Waals surface area contributed by atoms with Crippen LogP contribution in [0.2, 0.25) is 10.0 Å². The lowest BCUT2D eigenvalue weighted by Crippen LogP contribution is -2.36. The Bertz CT molecular complexity index is 692. The third-order valence-corrected chi connectivity index (χ3v) is 4.16. The molecule has 2 rings (SSSR count). The Morgan fingerprint density at radius 2 is 1.91 bits per heavy atom. The molecule has 6 heteroatoms. The second-order valence-corrected chi connectivity index (χ2v) is 5.85. The lowest BCUT2D eigenvalue weighted by atomic mass is 10.1.